The molecule has 0 amide bonds. The van der Waals surface area contributed by atoms with Crippen LogP contribution in [0.5, 0.6) is 0 Å². The minimum Gasteiger partial charge on any atom is -0.377 e. The van der Waals surface area contributed by atoms with Gasteiger partial charge in [-0.3, -0.25) is 0 Å². The number of hydrogen-bond donors (Lipinski definition) is 1. The monoisotopic (exact) mass is 237 g/mol. The quantitative estimate of drug-likeness (QED) is 0.747. The molecule has 0 aliphatic rings. The summed E-state index contributed by atoms with van der Waals surface area (Å²) in [4.78, 5) is 0. The molecule has 0 saturated carbocycles. The molecule has 0 rings (SSSR count). The molecule has 92 valence electrons. The third-order valence-electron chi connectivity index (χ3n) is 2.31. The number of nitrogens with two attached hydrogens (primary N) is 1. The maximum atomic E-state index is 11.8. The molecule has 2 N–H and O–H groups in total. The van der Waals surface area contributed by atoms with Gasteiger partial charge in [-0.1, -0.05) is 0 Å². The maximum absolute atomic E-state index is 11.8. The number of ether oxygens (including phenoxy) is 1. The lowest BCUT2D eigenvalue weighted by atomic mass is 10.2. The van der Waals surface area contributed by atoms with E-state index in [-0.39, 0.29) is 11.9 Å². The minimum absolute atomic E-state index is 0.137. The van der Waals surface area contributed by atoms with Gasteiger partial charge >= 0.3 is 0 Å². The van der Waals surface area contributed by atoms with Crippen LogP contribution >= 0.6 is 0 Å². The van der Waals surface area contributed by atoms with Crippen molar-refractivity contribution < 1.29 is 13.2 Å². The van der Waals surface area contributed by atoms with Crippen LogP contribution in [0, 0.1) is 0 Å². The van der Waals surface area contributed by atoms with Gasteiger partial charge in [-0.05, 0) is 34.1 Å². The van der Waals surface area contributed by atoms with Gasteiger partial charge in [0.15, 0.2) is 9.84 Å². The van der Waals surface area contributed by atoms with Crippen LogP contribution in [-0.2, 0) is 14.6 Å². The Hall–Kier alpha value is -0.130. The Labute approximate surface area is 93.1 Å². The molecule has 5 heteroatoms. The van der Waals surface area contributed by atoms with Gasteiger partial charge in [-0.2, -0.15) is 0 Å². The van der Waals surface area contributed by atoms with E-state index in [1.165, 1.54) is 0 Å². The van der Waals surface area contributed by atoms with Crippen LogP contribution in [0.15, 0.2) is 0 Å². The van der Waals surface area contributed by atoms with Crippen LogP contribution in [0.4, 0.5) is 0 Å². The molecular formula is C10H23NO3S. The highest BCUT2D eigenvalue weighted by Gasteiger charge is 2.29. The summed E-state index contributed by atoms with van der Waals surface area (Å²) in [6, 6.07) is 0. The van der Waals surface area contributed by atoms with E-state index in [9.17, 15) is 8.42 Å². The first-order valence-corrected chi connectivity index (χ1v) is 6.93. The van der Waals surface area contributed by atoms with Crippen molar-refractivity contribution in [3.8, 4) is 0 Å². The summed E-state index contributed by atoms with van der Waals surface area (Å²) >= 11 is 0. The summed E-state index contributed by atoms with van der Waals surface area (Å²) in [5.74, 6) is 0.137. The highest BCUT2D eigenvalue weighted by molar-refractivity contribution is 7.92. The van der Waals surface area contributed by atoms with Crippen molar-refractivity contribution in [1.29, 1.82) is 0 Å². The molecule has 1 unspecified atom stereocenters. The van der Waals surface area contributed by atoms with E-state index >= 15 is 0 Å². The van der Waals surface area contributed by atoms with Crippen LogP contribution in [-0.4, -0.2) is 38.2 Å². The smallest absolute Gasteiger partial charge is 0.155 e. The molecule has 15 heavy (non-hydrogen) atoms. The van der Waals surface area contributed by atoms with Gasteiger partial charge in [0.25, 0.3) is 0 Å². The molecule has 0 aromatic carbocycles. The maximum Gasteiger partial charge on any atom is 0.155 e. The van der Waals surface area contributed by atoms with E-state index in [1.807, 2.05) is 6.92 Å². The molecule has 0 spiro atoms. The summed E-state index contributed by atoms with van der Waals surface area (Å²) in [6.07, 6.45) is 0.330. The van der Waals surface area contributed by atoms with Crippen LogP contribution < -0.4 is 5.73 Å². The van der Waals surface area contributed by atoms with Gasteiger partial charge in [0.2, 0.25) is 0 Å². The van der Waals surface area contributed by atoms with Crippen molar-refractivity contribution in [3.63, 3.8) is 0 Å². The summed E-state index contributed by atoms with van der Waals surface area (Å²) in [5.41, 5.74) is 5.48. The van der Waals surface area contributed by atoms with Crippen molar-refractivity contribution in [2.24, 2.45) is 5.73 Å². The summed E-state index contributed by atoms with van der Waals surface area (Å²) < 4.78 is 28.2. The van der Waals surface area contributed by atoms with Crippen molar-refractivity contribution >= 4 is 9.84 Å². The average molecular weight is 237 g/mol. The number of sulfone groups is 1. The average Bonchev–Trinajstić information content (AvgIpc) is 2.10. The molecule has 0 aliphatic carbocycles. The molecule has 4 nitrogen and oxygen atoms in total. The van der Waals surface area contributed by atoms with Crippen LogP contribution in [0.2, 0.25) is 0 Å². The van der Waals surface area contributed by atoms with Gasteiger partial charge in [0.1, 0.15) is 0 Å². The highest BCUT2D eigenvalue weighted by atomic mass is 32.2. The van der Waals surface area contributed by atoms with Gasteiger partial charge < -0.3 is 10.5 Å². The Morgan fingerprint density at radius 2 is 1.87 bits per heavy atom. The van der Waals surface area contributed by atoms with E-state index in [4.69, 9.17) is 10.5 Å². The molecule has 0 aromatic rings. The molecule has 1 atom stereocenters. The molecule has 0 heterocycles. The van der Waals surface area contributed by atoms with Crippen molar-refractivity contribution in [1.82, 2.24) is 0 Å². The Bertz CT molecular complexity index is 267. The lowest BCUT2D eigenvalue weighted by Gasteiger charge is -2.21. The Morgan fingerprint density at radius 1 is 1.33 bits per heavy atom. The molecule has 0 fully saturated rings. The second-order valence-electron chi connectivity index (χ2n) is 4.53. The fourth-order valence-corrected chi connectivity index (χ4v) is 2.28. The van der Waals surface area contributed by atoms with Crippen LogP contribution in [0.3, 0.4) is 0 Å². The number of hydrogen-bond acceptors (Lipinski definition) is 4. The third kappa shape index (κ3) is 4.95. The molecule has 0 aromatic heterocycles. The second kappa shape index (κ2) is 5.82. The zero-order valence-corrected chi connectivity index (χ0v) is 10.9. The Kier molecular flexibility index (Phi) is 5.77. The van der Waals surface area contributed by atoms with E-state index < -0.39 is 14.6 Å². The fraction of sp³-hybridized carbons (Fsp3) is 1.00. The molecule has 0 bridgehead atoms. The predicted octanol–water partition coefficient (Wildman–Crippen LogP) is 0.954. The third-order valence-corrected chi connectivity index (χ3v) is 4.95. The SMILES string of the molecule is CCOC(CN)CCS(=O)(=O)C(C)(C)C. The molecule has 0 saturated heterocycles. The van der Waals surface area contributed by atoms with Crippen LogP contribution in [0.1, 0.15) is 34.1 Å². The number of rotatable bonds is 6. The van der Waals surface area contributed by atoms with Gasteiger partial charge in [-0.15, -0.1) is 0 Å². The molecule has 0 radical (unpaired) electrons. The second-order valence-corrected chi connectivity index (χ2v) is 7.40. The van der Waals surface area contributed by atoms with Gasteiger partial charge in [0.05, 0.1) is 16.6 Å². The van der Waals surface area contributed by atoms with Crippen molar-refractivity contribution in [2.45, 2.75) is 45.0 Å². The largest absolute Gasteiger partial charge is 0.377 e. The summed E-state index contributed by atoms with van der Waals surface area (Å²) in [6.45, 7) is 7.94. The van der Waals surface area contributed by atoms with E-state index in [1.54, 1.807) is 20.8 Å². The normalized spacial score (nSPS) is 15.3. The first-order chi connectivity index (χ1) is 6.74. The van der Waals surface area contributed by atoms with Crippen molar-refractivity contribution in [3.05, 3.63) is 0 Å². The zero-order valence-electron chi connectivity index (χ0n) is 10.1. The van der Waals surface area contributed by atoms with Crippen molar-refractivity contribution in [2.75, 3.05) is 18.9 Å². The summed E-state index contributed by atoms with van der Waals surface area (Å²) in [7, 11) is -3.06. The molecule has 0 aliphatic heterocycles. The first kappa shape index (κ1) is 14.9. The summed E-state index contributed by atoms with van der Waals surface area (Å²) in [5, 5.41) is 0. The first-order valence-electron chi connectivity index (χ1n) is 5.28. The van der Waals surface area contributed by atoms with Gasteiger partial charge in [-0.25, -0.2) is 8.42 Å². The van der Waals surface area contributed by atoms with E-state index in [2.05, 4.69) is 0 Å². The Morgan fingerprint density at radius 3 is 2.20 bits per heavy atom. The fourth-order valence-electron chi connectivity index (χ4n) is 1.10. The van der Waals surface area contributed by atoms with Gasteiger partial charge in [0, 0.05) is 13.2 Å². The topological polar surface area (TPSA) is 69.4 Å². The standard InChI is InChI=1S/C10H23NO3S/c1-5-14-9(8-11)6-7-15(12,13)10(2,3)4/h9H,5-8,11H2,1-4H3. The zero-order chi connectivity index (χ0) is 12.1. The highest BCUT2D eigenvalue weighted by Crippen LogP contribution is 2.17. The van der Waals surface area contributed by atoms with E-state index in [0.29, 0.717) is 19.6 Å². The Balaban J connectivity index is 4.26. The minimum atomic E-state index is -3.06. The van der Waals surface area contributed by atoms with E-state index in [0.717, 1.165) is 0 Å². The molecular weight excluding hydrogens is 214 g/mol. The lowest BCUT2D eigenvalue weighted by Crippen LogP contribution is -2.34. The predicted molar refractivity (Wildman–Crippen MR) is 62.6 cm³/mol. The van der Waals surface area contributed by atoms with Crippen LogP contribution in [0.25, 0.3) is 0 Å². The lowest BCUT2D eigenvalue weighted by molar-refractivity contribution is 0.0670.